The first-order chi connectivity index (χ1) is 13.5. The lowest BCUT2D eigenvalue weighted by Gasteiger charge is -2.44. The minimum atomic E-state index is -3.64. The predicted octanol–water partition coefficient (Wildman–Crippen LogP) is -0.526. The summed E-state index contributed by atoms with van der Waals surface area (Å²) in [7, 11) is -2.19. The van der Waals surface area contributed by atoms with Crippen LogP contribution in [0, 0.1) is 0 Å². The first kappa shape index (κ1) is 22.8. The molecule has 1 heterocycles. The Balaban J connectivity index is 1.93. The molecule has 10 heteroatoms. The number of nitrogens with zero attached hydrogens (tertiary/aromatic N) is 2. The number of aryl methyl sites for hydroxylation is 1. The third-order valence-electron chi connectivity index (χ3n) is 5.20. The molecule has 0 radical (unpaired) electrons. The number of benzene rings is 1. The van der Waals surface area contributed by atoms with E-state index in [1.807, 2.05) is 24.3 Å². The number of carbonyl (C=O) groups is 3. The summed E-state index contributed by atoms with van der Waals surface area (Å²) in [4.78, 5) is 38.2. The average molecular weight is 425 g/mol. The van der Waals surface area contributed by atoms with Crippen molar-refractivity contribution in [3.05, 3.63) is 35.4 Å². The van der Waals surface area contributed by atoms with Crippen molar-refractivity contribution in [1.29, 1.82) is 0 Å². The van der Waals surface area contributed by atoms with E-state index >= 15 is 0 Å². The standard InChI is InChI=1S/C19H28N4O5S/c1-5-14-6-8-15(9-7-14)10-20-16(24)11-21-18(26)19(2)13-23(29(4,27)28)12-17(25)22(19)3/h6-9H,5,10-13H2,1-4H3,(H,20,24)(H,21,26). The third kappa shape index (κ3) is 5.54. The maximum Gasteiger partial charge on any atom is 0.247 e. The molecule has 1 fully saturated rings. The Hall–Kier alpha value is -2.46. The van der Waals surface area contributed by atoms with Gasteiger partial charge in [-0.2, -0.15) is 4.31 Å². The third-order valence-corrected chi connectivity index (χ3v) is 6.40. The molecule has 1 aromatic carbocycles. The summed E-state index contributed by atoms with van der Waals surface area (Å²) in [6, 6.07) is 7.85. The zero-order valence-electron chi connectivity index (χ0n) is 17.2. The van der Waals surface area contributed by atoms with Crippen molar-refractivity contribution >= 4 is 27.7 Å². The Kier molecular flexibility index (Phi) is 7.02. The summed E-state index contributed by atoms with van der Waals surface area (Å²) in [5.74, 6) is -1.46. The Morgan fingerprint density at radius 1 is 1.14 bits per heavy atom. The highest BCUT2D eigenvalue weighted by Crippen LogP contribution is 2.22. The SMILES string of the molecule is CCc1ccc(CNC(=O)CNC(=O)C2(C)CN(S(C)(=O)=O)CC(=O)N2C)cc1. The molecule has 1 aliphatic heterocycles. The molecule has 0 bridgehead atoms. The Morgan fingerprint density at radius 2 is 1.72 bits per heavy atom. The van der Waals surface area contributed by atoms with Gasteiger partial charge in [0, 0.05) is 20.1 Å². The van der Waals surface area contributed by atoms with Gasteiger partial charge in [-0.3, -0.25) is 14.4 Å². The van der Waals surface area contributed by atoms with Gasteiger partial charge in [0.2, 0.25) is 27.7 Å². The maximum absolute atomic E-state index is 12.7. The van der Waals surface area contributed by atoms with Crippen LogP contribution in [-0.4, -0.2) is 73.8 Å². The molecule has 1 saturated heterocycles. The molecule has 1 unspecified atom stereocenters. The lowest BCUT2D eigenvalue weighted by molar-refractivity contribution is -0.150. The molecule has 3 amide bonds. The first-order valence-electron chi connectivity index (χ1n) is 9.32. The number of hydrogen-bond acceptors (Lipinski definition) is 5. The van der Waals surface area contributed by atoms with E-state index in [1.165, 1.54) is 24.4 Å². The lowest BCUT2D eigenvalue weighted by Crippen LogP contribution is -2.68. The van der Waals surface area contributed by atoms with Crippen molar-refractivity contribution in [1.82, 2.24) is 19.8 Å². The number of nitrogens with one attached hydrogen (secondary N) is 2. The molecular formula is C19H28N4O5S. The fourth-order valence-electron chi connectivity index (χ4n) is 3.00. The summed E-state index contributed by atoms with van der Waals surface area (Å²) in [5, 5.41) is 5.22. The van der Waals surface area contributed by atoms with Crippen LogP contribution in [0.2, 0.25) is 0 Å². The topological polar surface area (TPSA) is 116 Å². The van der Waals surface area contributed by atoms with E-state index in [1.54, 1.807) is 0 Å². The van der Waals surface area contributed by atoms with Crippen LogP contribution in [0.4, 0.5) is 0 Å². The van der Waals surface area contributed by atoms with Crippen LogP contribution >= 0.6 is 0 Å². The second kappa shape index (κ2) is 8.91. The van der Waals surface area contributed by atoms with Crippen LogP contribution in [-0.2, 0) is 37.4 Å². The molecule has 160 valence electrons. The average Bonchev–Trinajstić information content (AvgIpc) is 2.67. The van der Waals surface area contributed by atoms with Gasteiger partial charge < -0.3 is 15.5 Å². The van der Waals surface area contributed by atoms with E-state index in [4.69, 9.17) is 0 Å². The second-order valence-electron chi connectivity index (χ2n) is 7.39. The Morgan fingerprint density at radius 3 is 2.28 bits per heavy atom. The second-order valence-corrected chi connectivity index (χ2v) is 9.37. The fraction of sp³-hybridized carbons (Fsp3) is 0.526. The van der Waals surface area contributed by atoms with Crippen molar-refractivity contribution in [3.63, 3.8) is 0 Å². The number of amides is 3. The molecule has 2 rings (SSSR count). The molecule has 9 nitrogen and oxygen atoms in total. The summed E-state index contributed by atoms with van der Waals surface area (Å²) in [6.45, 7) is 3.11. The van der Waals surface area contributed by atoms with E-state index in [9.17, 15) is 22.8 Å². The van der Waals surface area contributed by atoms with Gasteiger partial charge in [-0.05, 0) is 24.5 Å². The summed E-state index contributed by atoms with van der Waals surface area (Å²) < 4.78 is 24.6. The number of piperazine rings is 1. The van der Waals surface area contributed by atoms with Crippen LogP contribution in [0.25, 0.3) is 0 Å². The fourth-order valence-corrected chi connectivity index (χ4v) is 3.83. The van der Waals surface area contributed by atoms with Crippen molar-refractivity contribution < 1.29 is 22.8 Å². The van der Waals surface area contributed by atoms with Crippen molar-refractivity contribution in [3.8, 4) is 0 Å². The number of carbonyl (C=O) groups excluding carboxylic acids is 3. The van der Waals surface area contributed by atoms with Gasteiger partial charge in [-0.15, -0.1) is 0 Å². The van der Waals surface area contributed by atoms with E-state index in [0.717, 1.165) is 22.5 Å². The van der Waals surface area contributed by atoms with E-state index in [2.05, 4.69) is 17.6 Å². The summed E-state index contributed by atoms with van der Waals surface area (Å²) in [6.07, 6.45) is 1.93. The zero-order valence-corrected chi connectivity index (χ0v) is 18.0. The van der Waals surface area contributed by atoms with E-state index in [0.29, 0.717) is 6.54 Å². The summed E-state index contributed by atoms with van der Waals surface area (Å²) >= 11 is 0. The van der Waals surface area contributed by atoms with Gasteiger partial charge in [0.1, 0.15) is 5.54 Å². The zero-order chi connectivity index (χ0) is 21.8. The van der Waals surface area contributed by atoms with Crippen LogP contribution in [0.5, 0.6) is 0 Å². The van der Waals surface area contributed by atoms with Gasteiger partial charge in [0.15, 0.2) is 0 Å². The van der Waals surface area contributed by atoms with Crippen molar-refractivity contribution in [2.24, 2.45) is 0 Å². The number of likely N-dealkylation sites (N-methyl/N-ethyl adjacent to an activating group) is 1. The molecular weight excluding hydrogens is 396 g/mol. The normalized spacial score (nSPS) is 20.4. The molecule has 29 heavy (non-hydrogen) atoms. The van der Waals surface area contributed by atoms with Crippen LogP contribution in [0.3, 0.4) is 0 Å². The molecule has 0 aliphatic carbocycles. The van der Waals surface area contributed by atoms with Crippen LogP contribution < -0.4 is 10.6 Å². The highest BCUT2D eigenvalue weighted by atomic mass is 32.2. The number of sulfonamides is 1. The summed E-state index contributed by atoms with van der Waals surface area (Å²) in [5.41, 5.74) is 0.736. The van der Waals surface area contributed by atoms with Gasteiger partial charge in [-0.1, -0.05) is 31.2 Å². The van der Waals surface area contributed by atoms with Gasteiger partial charge in [-0.25, -0.2) is 8.42 Å². The number of hydrogen-bond donors (Lipinski definition) is 2. The minimum Gasteiger partial charge on any atom is -0.350 e. The molecule has 1 atom stereocenters. The maximum atomic E-state index is 12.7. The Bertz CT molecular complexity index is 884. The minimum absolute atomic E-state index is 0.175. The predicted molar refractivity (Wildman–Crippen MR) is 108 cm³/mol. The Labute approximate surface area is 171 Å². The number of rotatable bonds is 7. The molecule has 1 aliphatic rings. The monoisotopic (exact) mass is 424 g/mol. The smallest absolute Gasteiger partial charge is 0.247 e. The van der Waals surface area contributed by atoms with Gasteiger partial charge >= 0.3 is 0 Å². The highest BCUT2D eigenvalue weighted by molar-refractivity contribution is 7.88. The van der Waals surface area contributed by atoms with Crippen molar-refractivity contribution in [2.75, 3.05) is 32.9 Å². The first-order valence-corrected chi connectivity index (χ1v) is 11.2. The molecule has 0 saturated carbocycles. The van der Waals surface area contributed by atoms with Crippen molar-refractivity contribution in [2.45, 2.75) is 32.4 Å². The quantitative estimate of drug-likeness (QED) is 0.611. The lowest BCUT2D eigenvalue weighted by atomic mass is 9.96. The van der Waals surface area contributed by atoms with E-state index in [-0.39, 0.29) is 25.5 Å². The molecule has 0 aromatic heterocycles. The largest absolute Gasteiger partial charge is 0.350 e. The van der Waals surface area contributed by atoms with Crippen LogP contribution in [0.15, 0.2) is 24.3 Å². The van der Waals surface area contributed by atoms with E-state index < -0.39 is 27.4 Å². The molecule has 2 N–H and O–H groups in total. The van der Waals surface area contributed by atoms with Crippen LogP contribution in [0.1, 0.15) is 25.0 Å². The highest BCUT2D eigenvalue weighted by Gasteiger charge is 2.47. The van der Waals surface area contributed by atoms with Gasteiger partial charge in [0.25, 0.3) is 0 Å². The van der Waals surface area contributed by atoms with Gasteiger partial charge in [0.05, 0.1) is 19.3 Å². The molecule has 1 aromatic rings. The molecule has 0 spiro atoms.